The molecule has 3 aromatic carbocycles. The summed E-state index contributed by atoms with van der Waals surface area (Å²) in [6, 6.07) is 24.7. The molecule has 0 saturated carbocycles. The predicted octanol–water partition coefficient (Wildman–Crippen LogP) is 5.58. The number of urea groups is 1. The number of nitrogens with one attached hydrogen (secondary N) is 3. The summed E-state index contributed by atoms with van der Waals surface area (Å²) < 4.78 is 4.94. The molecule has 4 rings (SSSR count). The molecule has 0 bridgehead atoms. The van der Waals surface area contributed by atoms with Gasteiger partial charge in [0.25, 0.3) is 0 Å². The number of ether oxygens (including phenoxy) is 1. The van der Waals surface area contributed by atoms with Gasteiger partial charge < -0.3 is 20.4 Å². The lowest BCUT2D eigenvalue weighted by molar-refractivity contribution is -0.142. The van der Waals surface area contributed by atoms with Crippen LogP contribution in [0.3, 0.4) is 0 Å². The van der Waals surface area contributed by atoms with E-state index in [1.54, 1.807) is 31.2 Å². The molecule has 1 aromatic heterocycles. The van der Waals surface area contributed by atoms with E-state index in [4.69, 9.17) is 4.74 Å². The van der Waals surface area contributed by atoms with Crippen molar-refractivity contribution < 1.29 is 14.3 Å². The molecule has 3 N–H and O–H groups in total. The molecule has 0 unspecified atom stereocenters. The van der Waals surface area contributed by atoms with E-state index in [-0.39, 0.29) is 18.4 Å². The Labute approximate surface area is 180 Å². The lowest BCUT2D eigenvalue weighted by atomic mass is 10.1. The van der Waals surface area contributed by atoms with Crippen molar-refractivity contribution in [1.82, 2.24) is 4.98 Å². The molecule has 0 aliphatic rings. The summed E-state index contributed by atoms with van der Waals surface area (Å²) in [4.78, 5) is 27.2. The van der Waals surface area contributed by atoms with Gasteiger partial charge in [0.05, 0.1) is 13.0 Å². The van der Waals surface area contributed by atoms with Crippen LogP contribution in [0.1, 0.15) is 12.5 Å². The van der Waals surface area contributed by atoms with E-state index in [9.17, 15) is 9.59 Å². The van der Waals surface area contributed by atoms with Crippen LogP contribution in [0.5, 0.6) is 0 Å². The van der Waals surface area contributed by atoms with Crippen LogP contribution in [0.25, 0.3) is 22.2 Å². The van der Waals surface area contributed by atoms with E-state index >= 15 is 0 Å². The Morgan fingerprint density at radius 3 is 2.16 bits per heavy atom. The number of amides is 2. The molecule has 1 heterocycles. The minimum atomic E-state index is -0.337. The lowest BCUT2D eigenvalue weighted by Gasteiger charge is -2.09. The fraction of sp³-hybridized carbons (Fsp3) is 0.120. The van der Waals surface area contributed by atoms with Crippen molar-refractivity contribution in [3.63, 3.8) is 0 Å². The van der Waals surface area contributed by atoms with Crippen LogP contribution in [0.15, 0.2) is 78.9 Å². The van der Waals surface area contributed by atoms with E-state index < -0.39 is 0 Å². The molecular formula is C25H23N3O3. The van der Waals surface area contributed by atoms with Crippen molar-refractivity contribution in [3.05, 3.63) is 84.4 Å². The highest BCUT2D eigenvalue weighted by Crippen LogP contribution is 2.25. The summed E-state index contributed by atoms with van der Waals surface area (Å²) in [5, 5.41) is 6.77. The number of aromatic nitrogens is 1. The molecule has 156 valence electrons. The second-order valence-electron chi connectivity index (χ2n) is 7.11. The van der Waals surface area contributed by atoms with Gasteiger partial charge in [0.1, 0.15) is 0 Å². The number of para-hydroxylation sites is 1. The Bertz CT molecular complexity index is 1160. The molecule has 6 heteroatoms. The van der Waals surface area contributed by atoms with Crippen molar-refractivity contribution in [1.29, 1.82) is 0 Å². The molecule has 0 radical (unpaired) electrons. The van der Waals surface area contributed by atoms with Gasteiger partial charge in [-0.2, -0.15) is 0 Å². The van der Waals surface area contributed by atoms with Gasteiger partial charge in [-0.05, 0) is 54.4 Å². The maximum Gasteiger partial charge on any atom is 0.323 e. The predicted molar refractivity (Wildman–Crippen MR) is 123 cm³/mol. The monoisotopic (exact) mass is 413 g/mol. The zero-order valence-electron chi connectivity index (χ0n) is 17.1. The van der Waals surface area contributed by atoms with Gasteiger partial charge in [0.15, 0.2) is 0 Å². The average Bonchev–Trinajstić information content (AvgIpc) is 3.20. The summed E-state index contributed by atoms with van der Waals surface area (Å²) in [7, 11) is 0. The first-order valence-corrected chi connectivity index (χ1v) is 10.1. The molecule has 0 saturated heterocycles. The van der Waals surface area contributed by atoms with Gasteiger partial charge >= 0.3 is 12.0 Å². The second kappa shape index (κ2) is 9.17. The molecule has 31 heavy (non-hydrogen) atoms. The van der Waals surface area contributed by atoms with E-state index in [0.29, 0.717) is 18.0 Å². The minimum absolute atomic E-state index is 0.211. The van der Waals surface area contributed by atoms with Crippen LogP contribution in [-0.4, -0.2) is 23.6 Å². The van der Waals surface area contributed by atoms with Crippen LogP contribution in [0, 0.1) is 0 Å². The number of anilines is 2. The summed E-state index contributed by atoms with van der Waals surface area (Å²) in [5.41, 5.74) is 5.32. The summed E-state index contributed by atoms with van der Waals surface area (Å²) in [6.45, 7) is 2.14. The van der Waals surface area contributed by atoms with Gasteiger partial charge in [-0.15, -0.1) is 0 Å². The van der Waals surface area contributed by atoms with Gasteiger partial charge in [-0.3, -0.25) is 4.79 Å². The molecule has 0 fully saturated rings. The second-order valence-corrected chi connectivity index (χ2v) is 7.11. The number of esters is 1. The number of fused-ring (bicyclic) bond motifs is 1. The smallest absolute Gasteiger partial charge is 0.323 e. The first kappa shape index (κ1) is 20.2. The zero-order chi connectivity index (χ0) is 21.6. The number of hydrogen-bond donors (Lipinski definition) is 3. The zero-order valence-corrected chi connectivity index (χ0v) is 17.1. The van der Waals surface area contributed by atoms with Crippen LogP contribution in [-0.2, 0) is 16.0 Å². The number of aromatic amines is 1. The number of hydrogen-bond acceptors (Lipinski definition) is 3. The van der Waals surface area contributed by atoms with E-state index in [1.165, 1.54) is 0 Å². The van der Waals surface area contributed by atoms with Crippen LogP contribution >= 0.6 is 0 Å². The maximum absolute atomic E-state index is 12.3. The van der Waals surface area contributed by atoms with Crippen molar-refractivity contribution in [3.8, 4) is 11.3 Å². The van der Waals surface area contributed by atoms with E-state index in [0.717, 1.165) is 27.7 Å². The Hall–Kier alpha value is -4.06. The Morgan fingerprint density at radius 2 is 1.52 bits per heavy atom. The molecular weight excluding hydrogens is 390 g/mol. The molecule has 0 aliphatic carbocycles. The standard InChI is InChI=1S/C25H23N3O3/c1-2-31-24(29)15-17-7-11-20(12-8-17)26-25(30)27-21-13-9-18(10-14-21)23-16-19-5-3-4-6-22(19)28-23/h3-14,16,28H,2,15H2,1H3,(H2,26,27,30). The van der Waals surface area contributed by atoms with Crippen molar-refractivity contribution in [2.45, 2.75) is 13.3 Å². The molecule has 0 atom stereocenters. The summed E-state index contributed by atoms with van der Waals surface area (Å²) in [6.07, 6.45) is 0.211. The first-order valence-electron chi connectivity index (χ1n) is 10.1. The molecule has 6 nitrogen and oxygen atoms in total. The highest BCUT2D eigenvalue weighted by molar-refractivity contribution is 6.00. The lowest BCUT2D eigenvalue weighted by Crippen LogP contribution is -2.19. The number of carbonyl (C=O) groups excluding carboxylic acids is 2. The topological polar surface area (TPSA) is 83.2 Å². The fourth-order valence-electron chi connectivity index (χ4n) is 3.34. The van der Waals surface area contributed by atoms with Crippen molar-refractivity contribution >= 4 is 34.3 Å². The maximum atomic E-state index is 12.3. The highest BCUT2D eigenvalue weighted by Gasteiger charge is 2.07. The first-order chi connectivity index (χ1) is 15.1. The van der Waals surface area contributed by atoms with Gasteiger partial charge in [-0.1, -0.05) is 42.5 Å². The molecule has 0 aliphatic heterocycles. The van der Waals surface area contributed by atoms with E-state index in [1.807, 2.05) is 42.5 Å². The Kier molecular flexibility index (Phi) is 5.98. The fourth-order valence-corrected chi connectivity index (χ4v) is 3.34. The molecule has 2 amide bonds. The van der Waals surface area contributed by atoms with Crippen molar-refractivity contribution in [2.24, 2.45) is 0 Å². The largest absolute Gasteiger partial charge is 0.466 e. The number of benzene rings is 3. The average molecular weight is 413 g/mol. The van der Waals surface area contributed by atoms with Gasteiger partial charge in [-0.25, -0.2) is 4.79 Å². The normalized spacial score (nSPS) is 10.6. The highest BCUT2D eigenvalue weighted by atomic mass is 16.5. The third-order valence-corrected chi connectivity index (χ3v) is 4.85. The third kappa shape index (κ3) is 5.11. The van der Waals surface area contributed by atoms with Crippen LogP contribution in [0.2, 0.25) is 0 Å². The minimum Gasteiger partial charge on any atom is -0.466 e. The Morgan fingerprint density at radius 1 is 0.871 bits per heavy atom. The quantitative estimate of drug-likeness (QED) is 0.361. The molecule has 4 aromatic rings. The SMILES string of the molecule is CCOC(=O)Cc1ccc(NC(=O)Nc2ccc(-c3cc4ccccc4[nH]3)cc2)cc1. The number of carbonyl (C=O) groups is 2. The van der Waals surface area contributed by atoms with Gasteiger partial charge in [0.2, 0.25) is 0 Å². The Balaban J connectivity index is 1.35. The summed E-state index contributed by atoms with van der Waals surface area (Å²) in [5.74, 6) is -0.267. The van der Waals surface area contributed by atoms with Crippen LogP contribution in [0.4, 0.5) is 16.2 Å². The van der Waals surface area contributed by atoms with Crippen molar-refractivity contribution in [2.75, 3.05) is 17.2 Å². The van der Waals surface area contributed by atoms with Crippen LogP contribution < -0.4 is 10.6 Å². The third-order valence-electron chi connectivity index (χ3n) is 4.85. The van der Waals surface area contributed by atoms with E-state index in [2.05, 4.69) is 27.8 Å². The summed E-state index contributed by atoms with van der Waals surface area (Å²) >= 11 is 0. The number of H-pyrrole nitrogens is 1. The number of rotatable bonds is 6. The molecule has 0 spiro atoms. The van der Waals surface area contributed by atoms with Gasteiger partial charge in [0, 0.05) is 28.0 Å².